The minimum absolute atomic E-state index is 0.120. The van der Waals surface area contributed by atoms with Crippen LogP contribution in [0.25, 0.3) is 0 Å². The third-order valence-corrected chi connectivity index (χ3v) is 3.71. The zero-order valence-corrected chi connectivity index (χ0v) is 12.7. The van der Waals surface area contributed by atoms with Crippen molar-refractivity contribution in [3.63, 3.8) is 0 Å². The quantitative estimate of drug-likeness (QED) is 0.755. The number of carbonyl (C=O) groups excluding carboxylic acids is 1. The van der Waals surface area contributed by atoms with Crippen LogP contribution in [0, 0.1) is 0 Å². The van der Waals surface area contributed by atoms with Gasteiger partial charge >= 0.3 is 0 Å². The molecule has 0 aliphatic carbocycles. The van der Waals surface area contributed by atoms with Crippen molar-refractivity contribution in [3.8, 4) is 0 Å². The minimum Gasteiger partial charge on any atom is -0.396 e. The number of carbonyl (C=O) groups is 1. The summed E-state index contributed by atoms with van der Waals surface area (Å²) in [5.41, 5.74) is 6.66. The molecule has 1 fully saturated rings. The van der Waals surface area contributed by atoms with E-state index in [4.69, 9.17) is 5.73 Å². The minimum atomic E-state index is 0.120. The Balaban J connectivity index is 1.76. The molecule has 1 aromatic heterocycles. The SMILES string of the molecule is CCCCNC(=O)CN1CCN(c2ncccc2N)CC1. The molecule has 21 heavy (non-hydrogen) atoms. The number of piperazine rings is 1. The van der Waals surface area contributed by atoms with Crippen LogP contribution >= 0.6 is 0 Å². The lowest BCUT2D eigenvalue weighted by atomic mass is 10.2. The molecule has 2 heterocycles. The maximum Gasteiger partial charge on any atom is 0.234 e. The Morgan fingerprint density at radius 2 is 2.14 bits per heavy atom. The Hall–Kier alpha value is -1.82. The fraction of sp³-hybridized carbons (Fsp3) is 0.600. The van der Waals surface area contributed by atoms with Gasteiger partial charge in [0, 0.05) is 38.9 Å². The van der Waals surface area contributed by atoms with Gasteiger partial charge in [0.15, 0.2) is 5.82 Å². The van der Waals surface area contributed by atoms with Crippen molar-refractivity contribution in [2.45, 2.75) is 19.8 Å². The van der Waals surface area contributed by atoms with Crippen LogP contribution in [0.2, 0.25) is 0 Å². The summed E-state index contributed by atoms with van der Waals surface area (Å²) in [5, 5.41) is 2.96. The summed E-state index contributed by atoms with van der Waals surface area (Å²) in [4.78, 5) is 20.5. The number of rotatable bonds is 6. The summed E-state index contributed by atoms with van der Waals surface area (Å²) in [6.07, 6.45) is 3.90. The summed E-state index contributed by atoms with van der Waals surface area (Å²) < 4.78 is 0. The number of nitrogens with zero attached hydrogens (tertiary/aromatic N) is 3. The highest BCUT2D eigenvalue weighted by molar-refractivity contribution is 5.78. The summed E-state index contributed by atoms with van der Waals surface area (Å²) >= 11 is 0. The average molecular weight is 291 g/mol. The number of pyridine rings is 1. The van der Waals surface area contributed by atoms with E-state index < -0.39 is 0 Å². The van der Waals surface area contributed by atoms with Gasteiger partial charge in [-0.25, -0.2) is 4.98 Å². The predicted molar refractivity (Wildman–Crippen MR) is 85.2 cm³/mol. The summed E-state index contributed by atoms with van der Waals surface area (Å²) in [6, 6.07) is 3.71. The van der Waals surface area contributed by atoms with E-state index in [9.17, 15) is 4.79 Å². The van der Waals surface area contributed by atoms with Crippen molar-refractivity contribution in [1.29, 1.82) is 0 Å². The lowest BCUT2D eigenvalue weighted by molar-refractivity contribution is -0.122. The van der Waals surface area contributed by atoms with Crippen molar-refractivity contribution in [2.75, 3.05) is 49.9 Å². The van der Waals surface area contributed by atoms with Crippen molar-refractivity contribution >= 4 is 17.4 Å². The molecule has 0 atom stereocenters. The number of nitrogens with two attached hydrogens (primary N) is 1. The van der Waals surface area contributed by atoms with Crippen LogP contribution < -0.4 is 16.0 Å². The molecule has 1 aliphatic heterocycles. The van der Waals surface area contributed by atoms with E-state index in [1.54, 1.807) is 6.20 Å². The standard InChI is InChI=1S/C15H25N5O/c1-2-3-6-17-14(21)12-19-8-10-20(11-9-19)15-13(16)5-4-7-18-15/h4-5,7H,2-3,6,8-12,16H2,1H3,(H,17,21). The van der Waals surface area contributed by atoms with E-state index in [2.05, 4.69) is 27.0 Å². The smallest absolute Gasteiger partial charge is 0.234 e. The first-order chi connectivity index (χ1) is 10.2. The van der Waals surface area contributed by atoms with Crippen LogP contribution in [-0.2, 0) is 4.79 Å². The molecule has 6 nitrogen and oxygen atoms in total. The number of nitrogens with one attached hydrogen (secondary N) is 1. The lowest BCUT2D eigenvalue weighted by Crippen LogP contribution is -2.50. The third kappa shape index (κ3) is 4.60. The molecule has 0 bridgehead atoms. The maximum atomic E-state index is 11.8. The fourth-order valence-electron chi connectivity index (χ4n) is 2.45. The summed E-state index contributed by atoms with van der Waals surface area (Å²) in [7, 11) is 0. The molecule has 0 saturated carbocycles. The van der Waals surface area contributed by atoms with Gasteiger partial charge in [-0.05, 0) is 18.6 Å². The Labute approximate surface area is 126 Å². The monoisotopic (exact) mass is 291 g/mol. The first-order valence-electron chi connectivity index (χ1n) is 7.65. The first kappa shape index (κ1) is 15.6. The van der Waals surface area contributed by atoms with Crippen molar-refractivity contribution in [3.05, 3.63) is 18.3 Å². The number of anilines is 2. The third-order valence-electron chi connectivity index (χ3n) is 3.71. The van der Waals surface area contributed by atoms with E-state index in [-0.39, 0.29) is 5.91 Å². The van der Waals surface area contributed by atoms with E-state index in [1.807, 2.05) is 12.1 Å². The Bertz CT molecular complexity index is 457. The lowest BCUT2D eigenvalue weighted by Gasteiger charge is -2.35. The molecule has 1 aromatic rings. The van der Waals surface area contributed by atoms with E-state index in [0.717, 1.165) is 51.4 Å². The molecule has 0 spiro atoms. The van der Waals surface area contributed by atoms with Crippen LogP contribution in [0.4, 0.5) is 11.5 Å². The van der Waals surface area contributed by atoms with Crippen LogP contribution in [0.5, 0.6) is 0 Å². The fourth-order valence-corrected chi connectivity index (χ4v) is 2.45. The second kappa shape index (κ2) is 7.83. The number of nitrogen functional groups attached to an aromatic ring is 1. The molecule has 0 aromatic carbocycles. The van der Waals surface area contributed by atoms with Gasteiger partial charge < -0.3 is 16.0 Å². The molecule has 6 heteroatoms. The molecule has 0 unspecified atom stereocenters. The van der Waals surface area contributed by atoms with Crippen LogP contribution in [-0.4, -0.2) is 55.1 Å². The van der Waals surface area contributed by atoms with Crippen molar-refractivity contribution in [2.24, 2.45) is 0 Å². The normalized spacial score (nSPS) is 16.0. The van der Waals surface area contributed by atoms with Gasteiger partial charge in [0.2, 0.25) is 5.91 Å². The Kier molecular flexibility index (Phi) is 5.80. The molecular formula is C15H25N5O. The van der Waals surface area contributed by atoms with Gasteiger partial charge in [-0.2, -0.15) is 0 Å². The van der Waals surface area contributed by atoms with Gasteiger partial charge in [-0.1, -0.05) is 13.3 Å². The number of aromatic nitrogens is 1. The number of hydrogen-bond acceptors (Lipinski definition) is 5. The maximum absolute atomic E-state index is 11.8. The van der Waals surface area contributed by atoms with Gasteiger partial charge in [0.05, 0.1) is 12.2 Å². The Morgan fingerprint density at radius 1 is 1.38 bits per heavy atom. The van der Waals surface area contributed by atoms with E-state index in [1.165, 1.54) is 0 Å². The highest BCUT2D eigenvalue weighted by Gasteiger charge is 2.20. The van der Waals surface area contributed by atoms with Crippen molar-refractivity contribution < 1.29 is 4.79 Å². The van der Waals surface area contributed by atoms with Crippen LogP contribution in [0.15, 0.2) is 18.3 Å². The largest absolute Gasteiger partial charge is 0.396 e. The highest BCUT2D eigenvalue weighted by atomic mass is 16.2. The average Bonchev–Trinajstić information content (AvgIpc) is 2.49. The zero-order valence-electron chi connectivity index (χ0n) is 12.7. The molecular weight excluding hydrogens is 266 g/mol. The molecule has 0 radical (unpaired) electrons. The second-order valence-corrected chi connectivity index (χ2v) is 5.38. The molecule has 1 saturated heterocycles. The molecule has 3 N–H and O–H groups in total. The van der Waals surface area contributed by atoms with Gasteiger partial charge in [-0.3, -0.25) is 9.69 Å². The molecule has 116 valence electrons. The van der Waals surface area contributed by atoms with Crippen LogP contribution in [0.3, 0.4) is 0 Å². The zero-order chi connectivity index (χ0) is 15.1. The predicted octanol–water partition coefficient (Wildman–Crippen LogP) is 0.702. The second-order valence-electron chi connectivity index (χ2n) is 5.38. The van der Waals surface area contributed by atoms with Gasteiger partial charge in [-0.15, -0.1) is 0 Å². The Morgan fingerprint density at radius 3 is 2.81 bits per heavy atom. The summed E-state index contributed by atoms with van der Waals surface area (Å²) in [5.74, 6) is 0.971. The van der Waals surface area contributed by atoms with Gasteiger partial charge in [0.1, 0.15) is 0 Å². The highest BCUT2D eigenvalue weighted by Crippen LogP contribution is 2.20. The van der Waals surface area contributed by atoms with E-state index in [0.29, 0.717) is 12.2 Å². The van der Waals surface area contributed by atoms with Gasteiger partial charge in [0.25, 0.3) is 0 Å². The van der Waals surface area contributed by atoms with Crippen molar-refractivity contribution in [1.82, 2.24) is 15.2 Å². The number of hydrogen-bond donors (Lipinski definition) is 2. The molecule has 1 amide bonds. The van der Waals surface area contributed by atoms with E-state index >= 15 is 0 Å². The topological polar surface area (TPSA) is 74.5 Å². The van der Waals surface area contributed by atoms with Crippen LogP contribution in [0.1, 0.15) is 19.8 Å². The summed E-state index contributed by atoms with van der Waals surface area (Å²) in [6.45, 7) is 6.80. The molecule has 1 aliphatic rings. The molecule has 2 rings (SSSR count). The number of unbranched alkanes of at least 4 members (excludes halogenated alkanes) is 1. The first-order valence-corrected chi connectivity index (χ1v) is 7.65. The number of amides is 1.